The van der Waals surface area contributed by atoms with Crippen molar-refractivity contribution >= 4 is 17.2 Å². The molecule has 0 spiro atoms. The molecule has 0 amide bonds. The zero-order valence-electron chi connectivity index (χ0n) is 4.14. The Labute approximate surface area is 48.2 Å². The Hall–Kier alpha value is -0.570. The van der Waals surface area contributed by atoms with Gasteiger partial charge in [0.25, 0.3) is 0 Å². The second-order valence-electron chi connectivity index (χ2n) is 1.21. The molecule has 0 aromatic carbocycles. The Morgan fingerprint density at radius 1 is 1.71 bits per heavy atom. The minimum Gasteiger partial charge on any atom is -0.404 e. The first-order valence-corrected chi connectivity index (χ1v) is 2.27. The van der Waals surface area contributed by atoms with Crippen LogP contribution in [0.4, 0.5) is 0 Å². The van der Waals surface area contributed by atoms with Crippen molar-refractivity contribution in [3.8, 4) is 0 Å². The number of nitrogens with two attached hydrogens (primary N) is 2. The quantitative estimate of drug-likeness (QED) is 0.378. The van der Waals surface area contributed by atoms with Crippen LogP contribution >= 0.6 is 12.2 Å². The van der Waals surface area contributed by atoms with Gasteiger partial charge in [-0.15, -0.1) is 0 Å². The summed E-state index contributed by atoms with van der Waals surface area (Å²) in [6, 6.07) is 0. The van der Waals surface area contributed by atoms with Gasteiger partial charge in [0, 0.05) is 0 Å². The summed E-state index contributed by atoms with van der Waals surface area (Å²) in [5, 5.41) is 0. The smallest absolute Gasteiger partial charge is 0.101 e. The van der Waals surface area contributed by atoms with Gasteiger partial charge in [0.2, 0.25) is 0 Å². The average molecular weight is 116 g/mol. The molecule has 0 unspecified atom stereocenters. The lowest BCUT2D eigenvalue weighted by Crippen LogP contribution is -2.09. The van der Waals surface area contributed by atoms with Gasteiger partial charge in [-0.05, 0) is 18.7 Å². The van der Waals surface area contributed by atoms with E-state index in [0.717, 1.165) is 5.57 Å². The van der Waals surface area contributed by atoms with Gasteiger partial charge in [-0.2, -0.15) is 0 Å². The molecule has 0 rings (SSSR count). The lowest BCUT2D eigenvalue weighted by Gasteiger charge is -1.89. The Morgan fingerprint density at radius 3 is 2.14 bits per heavy atom. The van der Waals surface area contributed by atoms with Crippen LogP contribution in [0, 0.1) is 0 Å². The third-order valence-corrected chi connectivity index (χ3v) is 0.961. The number of rotatable bonds is 1. The van der Waals surface area contributed by atoms with E-state index >= 15 is 0 Å². The van der Waals surface area contributed by atoms with Gasteiger partial charge in [0.15, 0.2) is 0 Å². The largest absolute Gasteiger partial charge is 0.404 e. The third kappa shape index (κ3) is 2.17. The number of hydrogen-bond acceptors (Lipinski definition) is 2. The number of thiocarbonyl (C=S) groups is 1. The topological polar surface area (TPSA) is 52.0 Å². The Balaban J connectivity index is 3.82. The van der Waals surface area contributed by atoms with Gasteiger partial charge in [-0.3, -0.25) is 0 Å². The van der Waals surface area contributed by atoms with E-state index < -0.39 is 0 Å². The van der Waals surface area contributed by atoms with E-state index in [2.05, 4.69) is 12.2 Å². The van der Waals surface area contributed by atoms with Crippen molar-refractivity contribution in [1.29, 1.82) is 0 Å². The van der Waals surface area contributed by atoms with E-state index in [1.54, 1.807) is 6.92 Å². The predicted molar refractivity (Wildman–Crippen MR) is 34.7 cm³/mol. The average Bonchev–Trinajstić information content (AvgIpc) is 1.65. The molecule has 0 heterocycles. The van der Waals surface area contributed by atoms with E-state index in [0.29, 0.717) is 4.99 Å². The highest BCUT2D eigenvalue weighted by Crippen LogP contribution is 1.85. The molecule has 4 N–H and O–H groups in total. The van der Waals surface area contributed by atoms with Crippen molar-refractivity contribution in [2.75, 3.05) is 0 Å². The molecule has 0 saturated heterocycles. The van der Waals surface area contributed by atoms with Crippen LogP contribution in [0.25, 0.3) is 0 Å². The summed E-state index contributed by atoms with van der Waals surface area (Å²) in [6.45, 7) is 1.77. The van der Waals surface area contributed by atoms with Crippen LogP contribution in [0.3, 0.4) is 0 Å². The summed E-state index contributed by atoms with van der Waals surface area (Å²) in [5.74, 6) is 0. The van der Waals surface area contributed by atoms with E-state index in [1.165, 1.54) is 6.20 Å². The van der Waals surface area contributed by atoms with Gasteiger partial charge < -0.3 is 11.5 Å². The Kier molecular flexibility index (Phi) is 2.37. The fourth-order valence-corrected chi connectivity index (χ4v) is 0.150. The van der Waals surface area contributed by atoms with Crippen LogP contribution < -0.4 is 11.5 Å². The fourth-order valence-electron chi connectivity index (χ4n) is 0.0821. The fraction of sp³-hybridized carbons (Fsp3) is 0.250. The summed E-state index contributed by atoms with van der Waals surface area (Å²) in [6.07, 6.45) is 1.39. The molecular formula is C4H8N2S. The van der Waals surface area contributed by atoms with Crippen molar-refractivity contribution in [2.45, 2.75) is 6.92 Å². The molecule has 0 atom stereocenters. The van der Waals surface area contributed by atoms with Crippen LogP contribution in [-0.2, 0) is 0 Å². The van der Waals surface area contributed by atoms with Crippen molar-refractivity contribution in [2.24, 2.45) is 11.5 Å². The third-order valence-electron chi connectivity index (χ3n) is 0.639. The zero-order valence-corrected chi connectivity index (χ0v) is 4.96. The molecule has 0 radical (unpaired) electrons. The maximum atomic E-state index is 5.13. The van der Waals surface area contributed by atoms with E-state index in [4.69, 9.17) is 11.5 Å². The normalized spacial score (nSPS) is 11.3. The molecule has 0 fully saturated rings. The van der Waals surface area contributed by atoms with E-state index in [-0.39, 0.29) is 0 Å². The molecule has 0 aliphatic carbocycles. The molecule has 0 saturated carbocycles. The van der Waals surface area contributed by atoms with Crippen LogP contribution in [-0.4, -0.2) is 4.99 Å². The first-order chi connectivity index (χ1) is 3.18. The van der Waals surface area contributed by atoms with Gasteiger partial charge in [-0.25, -0.2) is 0 Å². The summed E-state index contributed by atoms with van der Waals surface area (Å²) in [5.41, 5.74) is 10.9. The standard InChI is InChI=1S/C4H8N2S/c1-3(2-5)4(6)7/h2H,5H2,1H3,(H2,6,7)/b3-2-. The van der Waals surface area contributed by atoms with Gasteiger partial charge in [0.1, 0.15) is 4.99 Å². The minimum atomic E-state index is 0.363. The molecule has 0 aliphatic rings. The molecule has 7 heavy (non-hydrogen) atoms. The highest BCUT2D eigenvalue weighted by molar-refractivity contribution is 7.80. The predicted octanol–water partition coefficient (Wildman–Crippen LogP) is 0.135. The van der Waals surface area contributed by atoms with Gasteiger partial charge in [-0.1, -0.05) is 12.2 Å². The lowest BCUT2D eigenvalue weighted by atomic mass is 10.3. The van der Waals surface area contributed by atoms with Crippen molar-refractivity contribution < 1.29 is 0 Å². The first-order valence-electron chi connectivity index (χ1n) is 1.86. The lowest BCUT2D eigenvalue weighted by molar-refractivity contribution is 1.47. The molecular weight excluding hydrogens is 108 g/mol. The molecule has 0 aliphatic heterocycles. The maximum absolute atomic E-state index is 5.13. The van der Waals surface area contributed by atoms with Crippen LogP contribution in [0.1, 0.15) is 6.92 Å². The Bertz CT molecular complexity index is 106. The molecule has 0 aromatic heterocycles. The SMILES string of the molecule is C/C(=C/N)C(N)=S. The van der Waals surface area contributed by atoms with Gasteiger partial charge in [0.05, 0.1) is 0 Å². The Morgan fingerprint density at radius 2 is 2.14 bits per heavy atom. The van der Waals surface area contributed by atoms with Crippen molar-refractivity contribution in [3.05, 3.63) is 11.8 Å². The molecule has 2 nitrogen and oxygen atoms in total. The molecule has 0 bridgehead atoms. The molecule has 40 valence electrons. The number of hydrogen-bond donors (Lipinski definition) is 2. The van der Waals surface area contributed by atoms with Crippen molar-refractivity contribution in [1.82, 2.24) is 0 Å². The van der Waals surface area contributed by atoms with E-state index in [9.17, 15) is 0 Å². The second-order valence-corrected chi connectivity index (χ2v) is 1.65. The summed E-state index contributed by atoms with van der Waals surface area (Å²) in [7, 11) is 0. The van der Waals surface area contributed by atoms with Crippen LogP contribution in [0.15, 0.2) is 11.8 Å². The second kappa shape index (κ2) is 2.58. The molecule has 3 heteroatoms. The molecule has 0 aromatic rings. The van der Waals surface area contributed by atoms with Gasteiger partial charge >= 0.3 is 0 Å². The highest BCUT2D eigenvalue weighted by atomic mass is 32.1. The monoisotopic (exact) mass is 116 g/mol. The minimum absolute atomic E-state index is 0.363. The van der Waals surface area contributed by atoms with Crippen LogP contribution in [0.2, 0.25) is 0 Å². The maximum Gasteiger partial charge on any atom is 0.101 e. The first kappa shape index (κ1) is 6.43. The summed E-state index contributed by atoms with van der Waals surface area (Å²) >= 11 is 4.55. The van der Waals surface area contributed by atoms with Crippen LogP contribution in [0.5, 0.6) is 0 Å². The summed E-state index contributed by atoms with van der Waals surface area (Å²) < 4.78 is 0. The van der Waals surface area contributed by atoms with E-state index in [1.807, 2.05) is 0 Å². The zero-order chi connectivity index (χ0) is 5.86. The highest BCUT2D eigenvalue weighted by Gasteiger charge is 1.85. The van der Waals surface area contributed by atoms with Crippen molar-refractivity contribution in [3.63, 3.8) is 0 Å². The summed E-state index contributed by atoms with van der Waals surface area (Å²) in [4.78, 5) is 0.363.